The van der Waals surface area contributed by atoms with Gasteiger partial charge in [0, 0.05) is 17.1 Å². The number of hydrogen-bond donors (Lipinski definition) is 1. The highest BCUT2D eigenvalue weighted by molar-refractivity contribution is 7.13. The molecule has 0 unspecified atom stereocenters. The van der Waals surface area contributed by atoms with Gasteiger partial charge in [0.1, 0.15) is 22.2 Å². The predicted octanol–water partition coefficient (Wildman–Crippen LogP) is 5.89. The van der Waals surface area contributed by atoms with Gasteiger partial charge in [0.2, 0.25) is 0 Å². The van der Waals surface area contributed by atoms with E-state index in [0.717, 1.165) is 11.3 Å². The van der Waals surface area contributed by atoms with Gasteiger partial charge < -0.3 is 29.0 Å². The zero-order chi connectivity index (χ0) is 24.8. The fourth-order valence-electron chi connectivity index (χ4n) is 3.36. The van der Waals surface area contributed by atoms with Crippen LogP contribution >= 0.6 is 11.3 Å². The Morgan fingerprint density at radius 2 is 1.54 bits per heavy atom. The van der Waals surface area contributed by atoms with Crippen molar-refractivity contribution in [3.8, 4) is 45.1 Å². The molecular weight excluding hydrogens is 468 g/mol. The monoisotopic (exact) mass is 492 g/mol. The first-order valence-electron chi connectivity index (χ1n) is 10.5. The molecule has 180 valence electrons. The number of carbonyl (C=O) groups excluding carboxylic acids is 1. The smallest absolute Gasteiger partial charge is 0.275 e. The summed E-state index contributed by atoms with van der Waals surface area (Å²) in [6.07, 6.45) is 0. The highest BCUT2D eigenvalue weighted by Crippen LogP contribution is 2.39. The Hall–Kier alpha value is -4.24. The van der Waals surface area contributed by atoms with Gasteiger partial charge in [-0.15, -0.1) is 11.3 Å². The fourth-order valence-corrected chi connectivity index (χ4v) is 4.18. The van der Waals surface area contributed by atoms with Crippen LogP contribution in [0.2, 0.25) is 0 Å². The Labute approximate surface area is 207 Å². The predicted molar refractivity (Wildman–Crippen MR) is 135 cm³/mol. The van der Waals surface area contributed by atoms with Crippen LogP contribution in [0.1, 0.15) is 10.5 Å². The highest BCUT2D eigenvalue weighted by Gasteiger charge is 2.18. The average molecular weight is 493 g/mol. The SMILES string of the molecule is COc1ccc(Oc2cc(NC(=O)c3csc(-c4cccc(OC)c4OC)n3)ccc2OC)cc1. The molecule has 0 fully saturated rings. The Balaban J connectivity index is 1.54. The van der Waals surface area contributed by atoms with Crippen LogP contribution in [0.15, 0.2) is 66.0 Å². The van der Waals surface area contributed by atoms with Crippen LogP contribution in [-0.2, 0) is 0 Å². The minimum atomic E-state index is -0.352. The third kappa shape index (κ3) is 5.30. The number of anilines is 1. The zero-order valence-corrected chi connectivity index (χ0v) is 20.5. The van der Waals surface area contributed by atoms with E-state index in [-0.39, 0.29) is 11.6 Å². The molecule has 1 N–H and O–H groups in total. The second kappa shape index (κ2) is 10.8. The highest BCUT2D eigenvalue weighted by atomic mass is 32.1. The number of nitrogens with one attached hydrogen (secondary N) is 1. The minimum Gasteiger partial charge on any atom is -0.497 e. The van der Waals surface area contributed by atoms with E-state index >= 15 is 0 Å². The van der Waals surface area contributed by atoms with Crippen LogP contribution in [0.4, 0.5) is 5.69 Å². The van der Waals surface area contributed by atoms with Gasteiger partial charge in [-0.25, -0.2) is 4.98 Å². The van der Waals surface area contributed by atoms with Crippen molar-refractivity contribution in [2.24, 2.45) is 0 Å². The van der Waals surface area contributed by atoms with Gasteiger partial charge in [0.15, 0.2) is 23.0 Å². The van der Waals surface area contributed by atoms with Crippen LogP contribution < -0.4 is 29.0 Å². The topological polar surface area (TPSA) is 88.1 Å². The molecule has 0 aliphatic carbocycles. The number of methoxy groups -OCH3 is 4. The first kappa shape index (κ1) is 23.9. The molecular formula is C26H24N2O6S. The summed E-state index contributed by atoms with van der Waals surface area (Å²) >= 11 is 1.34. The number of nitrogens with zero attached hydrogens (tertiary/aromatic N) is 1. The Morgan fingerprint density at radius 3 is 2.23 bits per heavy atom. The van der Waals surface area contributed by atoms with Crippen LogP contribution in [0.3, 0.4) is 0 Å². The van der Waals surface area contributed by atoms with Crippen LogP contribution in [0, 0.1) is 0 Å². The fraction of sp³-hybridized carbons (Fsp3) is 0.154. The lowest BCUT2D eigenvalue weighted by Gasteiger charge is -2.13. The molecule has 0 atom stereocenters. The van der Waals surface area contributed by atoms with E-state index < -0.39 is 0 Å². The van der Waals surface area contributed by atoms with Crippen molar-refractivity contribution in [2.45, 2.75) is 0 Å². The summed E-state index contributed by atoms with van der Waals surface area (Å²) in [4.78, 5) is 17.4. The van der Waals surface area contributed by atoms with Crippen molar-refractivity contribution in [2.75, 3.05) is 33.8 Å². The second-order valence-corrected chi connectivity index (χ2v) is 8.03. The Bertz CT molecular complexity index is 1320. The van der Waals surface area contributed by atoms with Crippen molar-refractivity contribution in [3.05, 3.63) is 71.7 Å². The molecule has 0 aliphatic rings. The number of hydrogen-bond acceptors (Lipinski definition) is 8. The largest absolute Gasteiger partial charge is 0.497 e. The van der Waals surface area contributed by atoms with Gasteiger partial charge in [-0.05, 0) is 48.5 Å². The van der Waals surface area contributed by atoms with Gasteiger partial charge in [0.25, 0.3) is 5.91 Å². The standard InChI is InChI=1S/C26H24N2O6S/c1-30-17-9-11-18(12-10-17)34-23-14-16(8-13-21(23)31-2)27-25(29)20-15-35-26(28-20)19-6-5-7-22(32-3)24(19)33-4/h5-15H,1-4H3,(H,27,29). The minimum absolute atomic E-state index is 0.281. The molecule has 0 bridgehead atoms. The van der Waals surface area contributed by atoms with Crippen molar-refractivity contribution in [1.82, 2.24) is 4.98 Å². The molecule has 1 amide bonds. The molecule has 1 heterocycles. The third-order valence-electron chi connectivity index (χ3n) is 5.08. The molecule has 8 nitrogen and oxygen atoms in total. The molecule has 3 aromatic carbocycles. The van der Waals surface area contributed by atoms with Gasteiger partial charge in [0.05, 0.1) is 34.0 Å². The lowest BCUT2D eigenvalue weighted by molar-refractivity contribution is 0.102. The summed E-state index contributed by atoms with van der Waals surface area (Å²) in [5.74, 6) is 3.11. The lowest BCUT2D eigenvalue weighted by atomic mass is 10.2. The van der Waals surface area contributed by atoms with Crippen molar-refractivity contribution < 1.29 is 28.5 Å². The number of rotatable bonds is 9. The van der Waals surface area contributed by atoms with E-state index in [1.54, 1.807) is 82.4 Å². The maximum absolute atomic E-state index is 12.9. The molecule has 0 radical (unpaired) electrons. The van der Waals surface area contributed by atoms with Crippen LogP contribution in [0.5, 0.6) is 34.5 Å². The van der Waals surface area contributed by atoms with Crippen molar-refractivity contribution in [3.63, 3.8) is 0 Å². The summed E-state index contributed by atoms with van der Waals surface area (Å²) in [5, 5.41) is 5.20. The Kier molecular flexibility index (Phi) is 7.37. The van der Waals surface area contributed by atoms with Crippen molar-refractivity contribution in [1.29, 1.82) is 0 Å². The summed E-state index contributed by atoms with van der Waals surface area (Å²) in [6, 6.07) is 17.8. The molecule has 0 spiro atoms. The first-order chi connectivity index (χ1) is 17.1. The van der Waals surface area contributed by atoms with E-state index in [1.165, 1.54) is 11.3 Å². The van der Waals surface area contributed by atoms with E-state index in [2.05, 4.69) is 10.3 Å². The summed E-state index contributed by atoms with van der Waals surface area (Å²) in [7, 11) is 6.29. The number of ether oxygens (including phenoxy) is 5. The molecule has 0 aliphatic heterocycles. The summed E-state index contributed by atoms with van der Waals surface area (Å²) in [6.45, 7) is 0. The number of carbonyl (C=O) groups is 1. The molecule has 0 saturated heterocycles. The number of aromatic nitrogens is 1. The quantitative estimate of drug-likeness (QED) is 0.312. The van der Waals surface area contributed by atoms with Crippen molar-refractivity contribution >= 4 is 22.9 Å². The number of thiazole rings is 1. The number of benzene rings is 3. The molecule has 4 rings (SSSR count). The van der Waals surface area contributed by atoms with Gasteiger partial charge >= 0.3 is 0 Å². The van der Waals surface area contributed by atoms with Gasteiger partial charge in [-0.1, -0.05) is 6.07 Å². The van der Waals surface area contributed by atoms with E-state index in [1.807, 2.05) is 12.1 Å². The van der Waals surface area contributed by atoms with Crippen LogP contribution in [0.25, 0.3) is 10.6 Å². The summed E-state index contributed by atoms with van der Waals surface area (Å²) < 4.78 is 27.4. The maximum Gasteiger partial charge on any atom is 0.275 e. The van der Waals surface area contributed by atoms with E-state index in [4.69, 9.17) is 23.7 Å². The molecule has 9 heteroatoms. The van der Waals surface area contributed by atoms with Gasteiger partial charge in [-0.3, -0.25) is 4.79 Å². The summed E-state index contributed by atoms with van der Waals surface area (Å²) in [5.41, 5.74) is 1.56. The molecule has 35 heavy (non-hydrogen) atoms. The van der Waals surface area contributed by atoms with Crippen LogP contribution in [-0.4, -0.2) is 39.3 Å². The molecule has 0 saturated carbocycles. The Morgan fingerprint density at radius 1 is 0.800 bits per heavy atom. The zero-order valence-electron chi connectivity index (χ0n) is 19.7. The lowest BCUT2D eigenvalue weighted by Crippen LogP contribution is -2.12. The van der Waals surface area contributed by atoms with Gasteiger partial charge in [-0.2, -0.15) is 0 Å². The number of amides is 1. The normalized spacial score (nSPS) is 10.4. The second-order valence-electron chi connectivity index (χ2n) is 7.18. The third-order valence-corrected chi connectivity index (χ3v) is 5.95. The molecule has 1 aromatic heterocycles. The maximum atomic E-state index is 12.9. The molecule has 4 aromatic rings. The number of para-hydroxylation sites is 1. The first-order valence-corrected chi connectivity index (χ1v) is 11.4. The average Bonchev–Trinajstić information content (AvgIpc) is 3.39. The van der Waals surface area contributed by atoms with E-state index in [9.17, 15) is 4.79 Å². The van der Waals surface area contributed by atoms with E-state index in [0.29, 0.717) is 39.4 Å².